The Hall–Kier alpha value is -0.620. The molecule has 0 radical (unpaired) electrons. The minimum atomic E-state index is -0.511. The second kappa shape index (κ2) is 7.75. The zero-order chi connectivity index (χ0) is 11.0. The average Bonchev–Trinajstić information content (AvgIpc) is 2.15. The lowest BCUT2D eigenvalue weighted by Crippen LogP contribution is -2.33. The number of nitrogens with one attached hydrogen (secondary N) is 1. The molecule has 82 valence electrons. The number of hydrogen-bond donors (Lipinski definition) is 2. The molecule has 6 heteroatoms. The van der Waals surface area contributed by atoms with Crippen molar-refractivity contribution in [3.63, 3.8) is 0 Å². The fourth-order valence-corrected chi connectivity index (χ4v) is 0.877. The molecule has 1 atom stereocenters. The van der Waals surface area contributed by atoms with Crippen molar-refractivity contribution in [2.75, 3.05) is 19.8 Å². The van der Waals surface area contributed by atoms with Crippen LogP contribution in [0, 0.1) is 0 Å². The number of hydrogen-bond acceptors (Lipinski definition) is 3. The Balaban J connectivity index is 3.36. The van der Waals surface area contributed by atoms with Crippen molar-refractivity contribution in [1.82, 2.24) is 5.32 Å². The van der Waals surface area contributed by atoms with E-state index in [1.165, 1.54) is 0 Å². The molecule has 5 nitrogen and oxygen atoms in total. The Kier molecular flexibility index (Phi) is 7.41. The van der Waals surface area contributed by atoms with Crippen molar-refractivity contribution in [3.8, 4) is 0 Å². The molecule has 0 aromatic rings. The monoisotopic (exact) mass is 266 g/mol. The van der Waals surface area contributed by atoms with Gasteiger partial charge in [-0.3, -0.25) is 9.59 Å². The van der Waals surface area contributed by atoms with Gasteiger partial charge in [-0.15, -0.1) is 0 Å². The molecule has 2 amide bonds. The minimum Gasteiger partial charge on any atom is -0.370 e. The molecule has 3 N–H and O–H groups in total. The van der Waals surface area contributed by atoms with Gasteiger partial charge < -0.3 is 15.8 Å². The summed E-state index contributed by atoms with van der Waals surface area (Å²) in [6.07, 6.45) is 0.730. The van der Waals surface area contributed by atoms with E-state index in [4.69, 9.17) is 10.5 Å². The molecule has 0 saturated heterocycles. The van der Waals surface area contributed by atoms with E-state index >= 15 is 0 Å². The van der Waals surface area contributed by atoms with Gasteiger partial charge in [0.25, 0.3) is 0 Å². The summed E-state index contributed by atoms with van der Waals surface area (Å²) in [6.45, 7) is 2.47. The summed E-state index contributed by atoms with van der Waals surface area (Å²) in [4.78, 5) is 21.3. The van der Waals surface area contributed by atoms with E-state index in [1.807, 2.05) is 6.92 Å². The molecule has 0 aliphatic carbocycles. The topological polar surface area (TPSA) is 81.4 Å². The van der Waals surface area contributed by atoms with E-state index in [0.29, 0.717) is 6.54 Å². The average molecular weight is 267 g/mol. The van der Waals surface area contributed by atoms with Gasteiger partial charge >= 0.3 is 0 Å². The van der Waals surface area contributed by atoms with Crippen molar-refractivity contribution in [1.29, 1.82) is 0 Å². The zero-order valence-corrected chi connectivity index (χ0v) is 9.67. The van der Waals surface area contributed by atoms with E-state index in [9.17, 15) is 9.59 Å². The summed E-state index contributed by atoms with van der Waals surface area (Å²) in [5.41, 5.74) is 4.85. The van der Waals surface area contributed by atoms with Crippen molar-refractivity contribution < 1.29 is 14.3 Å². The van der Waals surface area contributed by atoms with Crippen LogP contribution >= 0.6 is 15.9 Å². The molecular weight excluding hydrogens is 252 g/mol. The van der Waals surface area contributed by atoms with Crippen LogP contribution in [0.3, 0.4) is 0 Å². The number of carbonyl (C=O) groups is 2. The van der Waals surface area contributed by atoms with E-state index < -0.39 is 5.91 Å². The molecule has 0 aromatic carbocycles. The zero-order valence-electron chi connectivity index (χ0n) is 8.09. The summed E-state index contributed by atoms with van der Waals surface area (Å²) in [6, 6.07) is 0. The van der Waals surface area contributed by atoms with Crippen LogP contribution in [0.1, 0.15) is 13.3 Å². The van der Waals surface area contributed by atoms with Crippen LogP contribution in [0.4, 0.5) is 0 Å². The maximum Gasteiger partial charge on any atom is 0.243 e. The summed E-state index contributed by atoms with van der Waals surface area (Å²) in [5, 5.41) is 2.64. The fraction of sp³-hybridized carbons (Fsp3) is 0.750. The first kappa shape index (κ1) is 13.4. The smallest absolute Gasteiger partial charge is 0.243 e. The van der Waals surface area contributed by atoms with Gasteiger partial charge in [0.05, 0.1) is 11.4 Å². The van der Waals surface area contributed by atoms with Gasteiger partial charge in [0.15, 0.2) is 0 Å². The van der Waals surface area contributed by atoms with Crippen LogP contribution in [-0.2, 0) is 14.3 Å². The van der Waals surface area contributed by atoms with Crippen molar-refractivity contribution in [3.05, 3.63) is 0 Å². The lowest BCUT2D eigenvalue weighted by molar-refractivity contribution is -0.122. The van der Waals surface area contributed by atoms with Gasteiger partial charge in [-0.1, -0.05) is 22.9 Å². The second-order valence-corrected chi connectivity index (χ2v) is 3.79. The van der Waals surface area contributed by atoms with Gasteiger partial charge in [-0.25, -0.2) is 0 Å². The van der Waals surface area contributed by atoms with Crippen molar-refractivity contribution in [2.24, 2.45) is 5.73 Å². The first-order chi connectivity index (χ1) is 6.57. The molecule has 1 unspecified atom stereocenters. The van der Waals surface area contributed by atoms with Crippen LogP contribution in [-0.4, -0.2) is 36.4 Å². The molecule has 14 heavy (non-hydrogen) atoms. The van der Waals surface area contributed by atoms with Gasteiger partial charge in [0.1, 0.15) is 6.61 Å². The van der Waals surface area contributed by atoms with Gasteiger partial charge in [-0.05, 0) is 6.42 Å². The highest BCUT2D eigenvalue weighted by Crippen LogP contribution is 2.02. The Morgan fingerprint density at radius 2 is 2.21 bits per heavy atom. The molecule has 0 aliphatic heterocycles. The first-order valence-corrected chi connectivity index (χ1v) is 5.27. The lowest BCUT2D eigenvalue weighted by atomic mass is 10.3. The summed E-state index contributed by atoms with van der Waals surface area (Å²) >= 11 is 3.21. The Morgan fingerprint density at radius 3 is 2.71 bits per heavy atom. The lowest BCUT2D eigenvalue weighted by Gasteiger charge is -2.08. The molecular formula is C8H15BrN2O3. The van der Waals surface area contributed by atoms with Crippen LogP contribution in [0.2, 0.25) is 0 Å². The molecule has 0 rings (SSSR count). The normalized spacial score (nSPS) is 12.1. The molecule has 0 saturated carbocycles. The summed E-state index contributed by atoms with van der Waals surface area (Å²) in [7, 11) is 0. The van der Waals surface area contributed by atoms with E-state index in [-0.39, 0.29) is 23.9 Å². The maximum absolute atomic E-state index is 11.2. The largest absolute Gasteiger partial charge is 0.370 e. The predicted molar refractivity (Wildman–Crippen MR) is 56.0 cm³/mol. The standard InChI is InChI=1S/C8H15BrN2O3/c1-2-6(9)8(13)11-3-4-14-5-7(10)12/h6H,2-5H2,1H3,(H2,10,12)(H,11,13). The van der Waals surface area contributed by atoms with E-state index in [1.54, 1.807) is 0 Å². The predicted octanol–water partition coefficient (Wildman–Crippen LogP) is -0.222. The fourth-order valence-electron chi connectivity index (χ4n) is 0.715. The first-order valence-electron chi connectivity index (χ1n) is 4.35. The third kappa shape index (κ3) is 6.85. The number of primary amides is 1. The quantitative estimate of drug-likeness (QED) is 0.494. The SMILES string of the molecule is CCC(Br)C(=O)NCCOCC(N)=O. The van der Waals surface area contributed by atoms with Crippen LogP contribution in [0.5, 0.6) is 0 Å². The molecule has 0 aliphatic rings. The summed E-state index contributed by atoms with van der Waals surface area (Å²) in [5.74, 6) is -0.585. The van der Waals surface area contributed by atoms with Gasteiger partial charge in [0.2, 0.25) is 11.8 Å². The maximum atomic E-state index is 11.2. The molecule has 0 spiro atoms. The third-order valence-electron chi connectivity index (χ3n) is 1.43. The highest BCUT2D eigenvalue weighted by Gasteiger charge is 2.10. The Labute approximate surface area is 91.5 Å². The molecule has 0 fully saturated rings. The van der Waals surface area contributed by atoms with Gasteiger partial charge in [-0.2, -0.15) is 0 Å². The van der Waals surface area contributed by atoms with Crippen LogP contribution in [0.15, 0.2) is 0 Å². The number of alkyl halides is 1. The highest BCUT2D eigenvalue weighted by atomic mass is 79.9. The second-order valence-electron chi connectivity index (χ2n) is 2.69. The number of halogens is 1. The number of amides is 2. The van der Waals surface area contributed by atoms with E-state index in [0.717, 1.165) is 6.42 Å². The molecule has 0 bridgehead atoms. The van der Waals surface area contributed by atoms with Crippen LogP contribution in [0.25, 0.3) is 0 Å². The number of nitrogens with two attached hydrogens (primary N) is 1. The minimum absolute atomic E-state index is 0.0739. The number of ether oxygens (including phenoxy) is 1. The Bertz CT molecular complexity index is 199. The van der Waals surface area contributed by atoms with Gasteiger partial charge in [0, 0.05) is 6.54 Å². The molecule has 0 aromatic heterocycles. The van der Waals surface area contributed by atoms with Crippen LogP contribution < -0.4 is 11.1 Å². The van der Waals surface area contributed by atoms with E-state index in [2.05, 4.69) is 21.2 Å². The van der Waals surface area contributed by atoms with Crippen molar-refractivity contribution in [2.45, 2.75) is 18.2 Å². The highest BCUT2D eigenvalue weighted by molar-refractivity contribution is 9.10. The number of rotatable bonds is 7. The third-order valence-corrected chi connectivity index (χ3v) is 2.50. The molecule has 0 heterocycles. The van der Waals surface area contributed by atoms with Crippen molar-refractivity contribution >= 4 is 27.7 Å². The Morgan fingerprint density at radius 1 is 1.57 bits per heavy atom. The summed E-state index contributed by atoms with van der Waals surface area (Å²) < 4.78 is 4.85. The number of carbonyl (C=O) groups excluding carboxylic acids is 2.